The molecule has 7 rings (SSSR count). The Morgan fingerprint density at radius 3 is 2.72 bits per heavy atom. The van der Waals surface area contributed by atoms with Gasteiger partial charge in [0, 0.05) is 30.4 Å². The predicted octanol–water partition coefficient (Wildman–Crippen LogP) is 5.09. The molecule has 2 fully saturated rings. The number of carbonyl (C=O) groups excluding carboxylic acids is 2. The van der Waals surface area contributed by atoms with Crippen molar-refractivity contribution in [2.24, 2.45) is 0 Å². The van der Waals surface area contributed by atoms with Gasteiger partial charge in [0.05, 0.1) is 23.7 Å². The summed E-state index contributed by atoms with van der Waals surface area (Å²) in [6.45, 7) is 6.25. The number of rotatable bonds is 5. The van der Waals surface area contributed by atoms with Gasteiger partial charge in [-0.25, -0.2) is 4.98 Å². The fourth-order valence-electron chi connectivity index (χ4n) is 6.52. The van der Waals surface area contributed by atoms with Crippen LogP contribution in [0.5, 0.6) is 0 Å². The van der Waals surface area contributed by atoms with Crippen molar-refractivity contribution < 1.29 is 9.59 Å². The molecule has 5 heterocycles. The fraction of sp³-hybridized carbons (Fsp3) is 0.281. The molecule has 2 unspecified atom stereocenters. The molecule has 196 valence electrons. The monoisotopic (exact) mass is 517 g/mol. The van der Waals surface area contributed by atoms with Crippen molar-refractivity contribution in [1.29, 1.82) is 0 Å². The number of likely N-dealkylation sites (tertiary alicyclic amines) is 1. The van der Waals surface area contributed by atoms with E-state index >= 15 is 0 Å². The molecule has 0 aliphatic carbocycles. The molecule has 2 aromatic carbocycles. The van der Waals surface area contributed by atoms with Crippen molar-refractivity contribution >= 4 is 17.3 Å². The molecule has 0 spiro atoms. The number of piperidine rings is 1. The van der Waals surface area contributed by atoms with Gasteiger partial charge in [0.1, 0.15) is 6.04 Å². The van der Waals surface area contributed by atoms with E-state index in [-0.39, 0.29) is 11.8 Å². The highest BCUT2D eigenvalue weighted by molar-refractivity contribution is 6.02. The lowest BCUT2D eigenvalue weighted by Gasteiger charge is -2.30. The third-order valence-corrected chi connectivity index (χ3v) is 8.45. The van der Waals surface area contributed by atoms with E-state index < -0.39 is 6.04 Å². The maximum Gasteiger partial charge on any atom is 0.255 e. The molecule has 2 amide bonds. The lowest BCUT2D eigenvalue weighted by atomic mass is 10.0. The van der Waals surface area contributed by atoms with Gasteiger partial charge in [0.25, 0.3) is 5.91 Å². The average molecular weight is 518 g/mol. The second-order valence-corrected chi connectivity index (χ2v) is 10.9. The molecule has 0 radical (unpaired) electrons. The predicted molar refractivity (Wildman–Crippen MR) is 150 cm³/mol. The molecule has 0 saturated carbocycles. The summed E-state index contributed by atoms with van der Waals surface area (Å²) in [5.41, 5.74) is 8.12. The van der Waals surface area contributed by atoms with Gasteiger partial charge in [-0.05, 0) is 78.7 Å². The summed E-state index contributed by atoms with van der Waals surface area (Å²) < 4.78 is 2.11. The SMILES string of the molecule is C=C1CCC(N2Cc3cc(-c4cc(CN5CCCC5c5ccccc5)cc5cncn45)ccc3C2=O)C(=O)N1. The van der Waals surface area contributed by atoms with Crippen molar-refractivity contribution in [3.05, 3.63) is 108 Å². The molecule has 2 aromatic heterocycles. The van der Waals surface area contributed by atoms with Crippen molar-refractivity contribution in [2.75, 3.05) is 6.54 Å². The largest absolute Gasteiger partial charge is 0.329 e. The van der Waals surface area contributed by atoms with Crippen LogP contribution in [0.25, 0.3) is 16.8 Å². The second kappa shape index (κ2) is 9.50. The topological polar surface area (TPSA) is 70.0 Å². The Labute approximate surface area is 227 Å². The van der Waals surface area contributed by atoms with Crippen LogP contribution in [0.4, 0.5) is 0 Å². The molecule has 7 heteroatoms. The Bertz CT molecular complexity index is 1610. The fourth-order valence-corrected chi connectivity index (χ4v) is 6.52. The quantitative estimate of drug-likeness (QED) is 0.401. The zero-order valence-electron chi connectivity index (χ0n) is 21.8. The van der Waals surface area contributed by atoms with Crippen LogP contribution in [0.3, 0.4) is 0 Å². The first-order valence-corrected chi connectivity index (χ1v) is 13.7. The van der Waals surface area contributed by atoms with Gasteiger partial charge in [0.2, 0.25) is 5.91 Å². The molecular formula is C32H31N5O2. The number of imidazole rings is 1. The minimum absolute atomic E-state index is 0.0771. The zero-order chi connectivity index (χ0) is 26.5. The average Bonchev–Trinajstić information content (AvgIpc) is 3.68. The number of allylic oxidation sites excluding steroid dienone is 1. The summed E-state index contributed by atoms with van der Waals surface area (Å²) in [6.07, 6.45) is 7.42. The van der Waals surface area contributed by atoms with Gasteiger partial charge in [-0.3, -0.25) is 18.9 Å². The lowest BCUT2D eigenvalue weighted by molar-refractivity contribution is -0.126. The summed E-state index contributed by atoms with van der Waals surface area (Å²) in [5, 5.41) is 2.82. The molecule has 2 saturated heterocycles. The zero-order valence-corrected chi connectivity index (χ0v) is 21.8. The van der Waals surface area contributed by atoms with Crippen molar-refractivity contribution in [3.8, 4) is 11.3 Å². The number of benzene rings is 2. The second-order valence-electron chi connectivity index (χ2n) is 10.9. The van der Waals surface area contributed by atoms with E-state index in [1.807, 2.05) is 24.7 Å². The molecule has 7 nitrogen and oxygen atoms in total. The summed E-state index contributed by atoms with van der Waals surface area (Å²) >= 11 is 0. The van der Waals surface area contributed by atoms with Gasteiger partial charge < -0.3 is 10.2 Å². The van der Waals surface area contributed by atoms with E-state index in [9.17, 15) is 9.59 Å². The normalized spacial score (nSPS) is 21.5. The maximum absolute atomic E-state index is 13.2. The summed E-state index contributed by atoms with van der Waals surface area (Å²) in [4.78, 5) is 34.6. The van der Waals surface area contributed by atoms with Crippen LogP contribution in [-0.2, 0) is 17.9 Å². The highest BCUT2D eigenvalue weighted by Gasteiger charge is 2.38. The Morgan fingerprint density at radius 1 is 1.00 bits per heavy atom. The Kier molecular flexibility index (Phi) is 5.81. The van der Waals surface area contributed by atoms with E-state index in [0.29, 0.717) is 31.0 Å². The van der Waals surface area contributed by atoms with Gasteiger partial charge in [-0.1, -0.05) is 43.0 Å². The van der Waals surface area contributed by atoms with Crippen molar-refractivity contribution in [2.45, 2.75) is 50.9 Å². The van der Waals surface area contributed by atoms with Crippen LogP contribution in [-0.4, -0.2) is 43.6 Å². The number of carbonyl (C=O) groups is 2. The summed E-state index contributed by atoms with van der Waals surface area (Å²) in [7, 11) is 0. The molecule has 3 aliphatic rings. The third-order valence-electron chi connectivity index (χ3n) is 8.45. The highest BCUT2D eigenvalue weighted by atomic mass is 16.2. The number of aromatic nitrogens is 2. The van der Waals surface area contributed by atoms with Crippen LogP contribution in [0.15, 0.2) is 85.5 Å². The van der Waals surface area contributed by atoms with E-state index in [2.05, 4.69) is 74.7 Å². The van der Waals surface area contributed by atoms with Crippen molar-refractivity contribution in [3.63, 3.8) is 0 Å². The standard InChI is InChI=1S/C32H31N5O2/c1-21-9-12-29(31(38)34-21)36-19-25-16-24(10-11-27(25)32(36)39)30-15-22(14-26-17-33-20-37(26)30)18-35-13-5-8-28(35)23-6-3-2-4-7-23/h2-4,6-7,10-11,14-17,20,28-29H,1,5,8-9,12-13,18-19H2,(H,34,38). The number of pyridine rings is 1. The summed E-state index contributed by atoms with van der Waals surface area (Å²) in [5.74, 6) is -0.220. The van der Waals surface area contributed by atoms with E-state index in [1.165, 1.54) is 24.0 Å². The molecule has 4 aromatic rings. The summed E-state index contributed by atoms with van der Waals surface area (Å²) in [6, 6.07) is 21.3. The first kappa shape index (κ1) is 23.9. The molecule has 3 aliphatic heterocycles. The van der Waals surface area contributed by atoms with Crippen LogP contribution in [0.2, 0.25) is 0 Å². The molecular weight excluding hydrogens is 486 g/mol. The van der Waals surface area contributed by atoms with Crippen LogP contribution in [0.1, 0.15) is 58.8 Å². The first-order valence-electron chi connectivity index (χ1n) is 13.7. The maximum atomic E-state index is 13.2. The number of nitrogens with one attached hydrogen (secondary N) is 1. The number of nitrogens with zero attached hydrogens (tertiary/aromatic N) is 4. The van der Waals surface area contributed by atoms with Gasteiger partial charge in [0.15, 0.2) is 0 Å². The Hall–Kier alpha value is -4.23. The van der Waals surface area contributed by atoms with Crippen LogP contribution in [0, 0.1) is 0 Å². The first-order chi connectivity index (χ1) is 19.0. The van der Waals surface area contributed by atoms with E-state index in [1.54, 1.807) is 4.90 Å². The highest BCUT2D eigenvalue weighted by Crippen LogP contribution is 2.35. The lowest BCUT2D eigenvalue weighted by Crippen LogP contribution is -2.49. The van der Waals surface area contributed by atoms with Crippen LogP contribution >= 0.6 is 0 Å². The number of hydrogen-bond donors (Lipinski definition) is 1. The molecule has 0 bridgehead atoms. The number of amides is 2. The Balaban J connectivity index is 1.19. The molecule has 39 heavy (non-hydrogen) atoms. The van der Waals surface area contributed by atoms with E-state index in [4.69, 9.17) is 0 Å². The number of fused-ring (bicyclic) bond motifs is 2. The minimum atomic E-state index is -0.458. The van der Waals surface area contributed by atoms with Gasteiger partial charge >= 0.3 is 0 Å². The molecule has 1 N–H and O–H groups in total. The van der Waals surface area contributed by atoms with Crippen molar-refractivity contribution in [1.82, 2.24) is 24.5 Å². The van der Waals surface area contributed by atoms with Gasteiger partial charge in [-0.2, -0.15) is 0 Å². The third kappa shape index (κ3) is 4.23. The molecule has 2 atom stereocenters. The Morgan fingerprint density at radius 2 is 1.87 bits per heavy atom. The smallest absolute Gasteiger partial charge is 0.255 e. The number of hydrogen-bond acceptors (Lipinski definition) is 4. The van der Waals surface area contributed by atoms with Gasteiger partial charge in [-0.15, -0.1) is 0 Å². The van der Waals surface area contributed by atoms with E-state index in [0.717, 1.165) is 41.1 Å². The minimum Gasteiger partial charge on any atom is -0.329 e. The van der Waals surface area contributed by atoms with Crippen LogP contribution < -0.4 is 5.32 Å².